The van der Waals surface area contributed by atoms with Crippen molar-refractivity contribution >= 4 is 29.1 Å². The third kappa shape index (κ3) is 4.30. The molecule has 6 heteroatoms. The Morgan fingerprint density at radius 2 is 2.09 bits per heavy atom. The summed E-state index contributed by atoms with van der Waals surface area (Å²) in [5.41, 5.74) is 1.19. The lowest BCUT2D eigenvalue weighted by Gasteiger charge is -2.21. The van der Waals surface area contributed by atoms with Gasteiger partial charge in [-0.05, 0) is 30.3 Å². The van der Waals surface area contributed by atoms with E-state index in [0.717, 1.165) is 0 Å². The van der Waals surface area contributed by atoms with E-state index in [9.17, 15) is 9.59 Å². The number of benzene rings is 1. The number of halogens is 1. The van der Waals surface area contributed by atoms with E-state index in [1.165, 1.54) is 13.1 Å². The zero-order valence-corrected chi connectivity index (χ0v) is 12.9. The number of hydrogen-bond donors (Lipinski definition) is 1. The number of amides is 2. The second-order valence-corrected chi connectivity index (χ2v) is 5.08. The van der Waals surface area contributed by atoms with Gasteiger partial charge in [0.05, 0.1) is 5.56 Å². The van der Waals surface area contributed by atoms with Gasteiger partial charge in [-0.3, -0.25) is 14.6 Å². The van der Waals surface area contributed by atoms with Crippen LogP contribution in [0.15, 0.2) is 48.8 Å². The average Bonchev–Trinajstić information content (AvgIpc) is 2.51. The van der Waals surface area contributed by atoms with E-state index in [4.69, 9.17) is 11.6 Å². The van der Waals surface area contributed by atoms with E-state index < -0.39 is 0 Å². The Bertz CT molecular complexity index is 661. The highest BCUT2D eigenvalue weighted by molar-refractivity contribution is 6.30. The maximum Gasteiger partial charge on any atom is 0.252 e. The molecule has 0 unspecified atom stereocenters. The van der Waals surface area contributed by atoms with E-state index in [2.05, 4.69) is 10.3 Å². The maximum absolute atomic E-state index is 11.9. The van der Waals surface area contributed by atoms with Crippen LogP contribution >= 0.6 is 11.6 Å². The van der Waals surface area contributed by atoms with Crippen LogP contribution in [-0.4, -0.2) is 29.9 Å². The van der Waals surface area contributed by atoms with E-state index in [-0.39, 0.29) is 11.8 Å². The van der Waals surface area contributed by atoms with Gasteiger partial charge in [-0.2, -0.15) is 0 Å². The summed E-state index contributed by atoms with van der Waals surface area (Å²) in [5, 5.41) is 3.32. The van der Waals surface area contributed by atoms with Crippen molar-refractivity contribution in [2.24, 2.45) is 0 Å². The van der Waals surface area contributed by atoms with E-state index in [1.807, 2.05) is 0 Å². The van der Waals surface area contributed by atoms with Crippen LogP contribution < -0.4 is 10.2 Å². The zero-order chi connectivity index (χ0) is 15.9. The third-order valence-electron chi connectivity index (χ3n) is 3.04. The van der Waals surface area contributed by atoms with Crippen LogP contribution in [0.2, 0.25) is 5.02 Å². The third-order valence-corrected chi connectivity index (χ3v) is 3.28. The molecule has 0 saturated carbocycles. The van der Waals surface area contributed by atoms with Gasteiger partial charge in [0.15, 0.2) is 0 Å². The van der Waals surface area contributed by atoms with Gasteiger partial charge in [-0.15, -0.1) is 0 Å². The molecule has 2 aromatic rings. The van der Waals surface area contributed by atoms with Crippen LogP contribution in [-0.2, 0) is 4.79 Å². The predicted molar refractivity (Wildman–Crippen MR) is 86.0 cm³/mol. The summed E-state index contributed by atoms with van der Waals surface area (Å²) in [5.74, 6) is -0.333. The summed E-state index contributed by atoms with van der Waals surface area (Å²) >= 11 is 5.94. The molecular weight excluding hydrogens is 302 g/mol. The summed E-state index contributed by atoms with van der Waals surface area (Å²) in [6.07, 6.45) is 3.10. The first-order chi connectivity index (χ1) is 10.6. The molecule has 114 valence electrons. The molecule has 5 nitrogen and oxygen atoms in total. The van der Waals surface area contributed by atoms with Crippen LogP contribution in [0, 0.1) is 0 Å². The van der Waals surface area contributed by atoms with Gasteiger partial charge in [0.1, 0.15) is 0 Å². The maximum atomic E-state index is 11.9. The molecule has 22 heavy (non-hydrogen) atoms. The Balaban J connectivity index is 1.96. The molecule has 0 aliphatic rings. The lowest BCUT2D eigenvalue weighted by Crippen LogP contribution is -2.37. The highest BCUT2D eigenvalue weighted by Crippen LogP contribution is 2.19. The monoisotopic (exact) mass is 317 g/mol. The molecule has 1 aromatic heterocycles. The smallest absolute Gasteiger partial charge is 0.252 e. The van der Waals surface area contributed by atoms with Crippen molar-refractivity contribution in [2.75, 3.05) is 18.0 Å². The molecule has 0 spiro atoms. The normalized spacial score (nSPS) is 10.1. The van der Waals surface area contributed by atoms with Crippen molar-refractivity contribution in [1.82, 2.24) is 10.3 Å². The number of anilines is 1. The molecule has 0 bridgehead atoms. The topological polar surface area (TPSA) is 62.3 Å². The zero-order valence-electron chi connectivity index (χ0n) is 12.1. The lowest BCUT2D eigenvalue weighted by atomic mass is 10.2. The fourth-order valence-electron chi connectivity index (χ4n) is 1.99. The molecular formula is C16H16ClN3O2. The standard InChI is InChI=1S/C16H16ClN3O2/c1-12(21)20(15-6-2-5-14(17)10-15)9-8-19-16(22)13-4-3-7-18-11-13/h2-7,10-11H,8-9H2,1H3,(H,19,22). The van der Waals surface area contributed by atoms with Gasteiger partial charge < -0.3 is 10.2 Å². The summed E-state index contributed by atoms with van der Waals surface area (Å²) in [7, 11) is 0. The number of aromatic nitrogens is 1. The SMILES string of the molecule is CC(=O)N(CCNC(=O)c1cccnc1)c1cccc(Cl)c1. The quantitative estimate of drug-likeness (QED) is 0.921. The first kappa shape index (κ1) is 16.0. The van der Waals surface area contributed by atoms with E-state index in [1.54, 1.807) is 47.5 Å². The molecule has 1 aromatic carbocycles. The number of nitrogens with one attached hydrogen (secondary N) is 1. The first-order valence-corrected chi connectivity index (χ1v) is 7.17. The Morgan fingerprint density at radius 1 is 1.27 bits per heavy atom. The molecule has 1 N–H and O–H groups in total. The Morgan fingerprint density at radius 3 is 2.73 bits per heavy atom. The minimum Gasteiger partial charge on any atom is -0.350 e. The Hall–Kier alpha value is -2.40. The fourth-order valence-corrected chi connectivity index (χ4v) is 2.18. The van der Waals surface area contributed by atoms with Gasteiger partial charge in [0.2, 0.25) is 5.91 Å². The number of carbonyl (C=O) groups is 2. The van der Waals surface area contributed by atoms with Crippen molar-refractivity contribution in [3.05, 3.63) is 59.4 Å². The molecule has 1 heterocycles. The molecule has 0 fully saturated rings. The van der Waals surface area contributed by atoms with Gasteiger partial charge in [0, 0.05) is 43.1 Å². The fraction of sp³-hybridized carbons (Fsp3) is 0.188. The van der Waals surface area contributed by atoms with Gasteiger partial charge in [0.25, 0.3) is 5.91 Å². The van der Waals surface area contributed by atoms with Gasteiger partial charge >= 0.3 is 0 Å². The molecule has 0 saturated heterocycles. The molecule has 2 amide bonds. The summed E-state index contributed by atoms with van der Waals surface area (Å²) in [4.78, 5) is 29.1. The van der Waals surface area contributed by atoms with E-state index >= 15 is 0 Å². The number of carbonyl (C=O) groups excluding carboxylic acids is 2. The number of hydrogen-bond acceptors (Lipinski definition) is 3. The van der Waals surface area contributed by atoms with Crippen LogP contribution in [0.5, 0.6) is 0 Å². The van der Waals surface area contributed by atoms with Crippen LogP contribution in [0.25, 0.3) is 0 Å². The summed E-state index contributed by atoms with van der Waals surface area (Å²) in [6, 6.07) is 10.4. The summed E-state index contributed by atoms with van der Waals surface area (Å²) in [6.45, 7) is 2.17. The van der Waals surface area contributed by atoms with Crippen LogP contribution in [0.4, 0.5) is 5.69 Å². The average molecular weight is 318 g/mol. The largest absolute Gasteiger partial charge is 0.350 e. The minimum absolute atomic E-state index is 0.113. The highest BCUT2D eigenvalue weighted by atomic mass is 35.5. The molecule has 0 aliphatic heterocycles. The number of pyridine rings is 1. The Labute approximate surface area is 133 Å². The highest BCUT2D eigenvalue weighted by Gasteiger charge is 2.12. The Kier molecular flexibility index (Phi) is 5.49. The predicted octanol–water partition coefficient (Wildman–Crippen LogP) is 2.52. The summed E-state index contributed by atoms with van der Waals surface area (Å²) < 4.78 is 0. The second-order valence-electron chi connectivity index (χ2n) is 4.65. The van der Waals surface area contributed by atoms with Crippen LogP contribution in [0.1, 0.15) is 17.3 Å². The van der Waals surface area contributed by atoms with Gasteiger partial charge in [-0.25, -0.2) is 0 Å². The van der Waals surface area contributed by atoms with Crippen LogP contribution in [0.3, 0.4) is 0 Å². The van der Waals surface area contributed by atoms with Crippen molar-refractivity contribution in [2.45, 2.75) is 6.92 Å². The number of nitrogens with zero attached hydrogens (tertiary/aromatic N) is 2. The molecule has 0 atom stereocenters. The molecule has 0 radical (unpaired) electrons. The lowest BCUT2D eigenvalue weighted by molar-refractivity contribution is -0.116. The minimum atomic E-state index is -0.220. The van der Waals surface area contributed by atoms with Crippen molar-refractivity contribution in [3.8, 4) is 0 Å². The van der Waals surface area contributed by atoms with E-state index in [0.29, 0.717) is 29.4 Å². The second kappa shape index (κ2) is 7.56. The first-order valence-electron chi connectivity index (χ1n) is 6.80. The van der Waals surface area contributed by atoms with Crippen molar-refractivity contribution in [3.63, 3.8) is 0 Å². The van der Waals surface area contributed by atoms with Crippen molar-refractivity contribution < 1.29 is 9.59 Å². The van der Waals surface area contributed by atoms with Gasteiger partial charge in [-0.1, -0.05) is 17.7 Å². The number of rotatable bonds is 5. The molecule has 0 aliphatic carbocycles. The van der Waals surface area contributed by atoms with Crippen molar-refractivity contribution in [1.29, 1.82) is 0 Å². The molecule has 2 rings (SSSR count).